The number of aliphatic carboxylic acids is 1. The van der Waals surface area contributed by atoms with Gasteiger partial charge in [0.2, 0.25) is 0 Å². The van der Waals surface area contributed by atoms with E-state index in [4.69, 9.17) is 5.11 Å². The first-order valence-corrected chi connectivity index (χ1v) is 5.84. The number of fused-ring (bicyclic) bond motifs is 1. The van der Waals surface area contributed by atoms with Crippen LogP contribution in [0, 0.1) is 5.82 Å². The van der Waals surface area contributed by atoms with Crippen LogP contribution >= 0.6 is 11.3 Å². The van der Waals surface area contributed by atoms with E-state index in [1.54, 1.807) is 6.07 Å². The SMILES string of the molecule is CC(CC(=O)O)c1csc2cc(F)ccc12. The Kier molecular flexibility index (Phi) is 2.92. The quantitative estimate of drug-likeness (QED) is 0.886. The van der Waals surface area contributed by atoms with Crippen LogP contribution in [-0.4, -0.2) is 11.1 Å². The van der Waals surface area contributed by atoms with Crippen molar-refractivity contribution in [3.8, 4) is 0 Å². The van der Waals surface area contributed by atoms with E-state index in [2.05, 4.69) is 0 Å². The van der Waals surface area contributed by atoms with Gasteiger partial charge in [-0.3, -0.25) is 4.79 Å². The van der Waals surface area contributed by atoms with E-state index in [1.165, 1.54) is 23.5 Å². The Morgan fingerprint density at radius 3 is 3.00 bits per heavy atom. The zero-order valence-electron chi connectivity index (χ0n) is 8.74. The monoisotopic (exact) mass is 238 g/mol. The maximum Gasteiger partial charge on any atom is 0.303 e. The van der Waals surface area contributed by atoms with E-state index in [9.17, 15) is 9.18 Å². The Hall–Kier alpha value is -1.42. The van der Waals surface area contributed by atoms with Crippen LogP contribution in [0.5, 0.6) is 0 Å². The molecular formula is C12H11FO2S. The maximum absolute atomic E-state index is 13.0. The van der Waals surface area contributed by atoms with Gasteiger partial charge in [-0.15, -0.1) is 11.3 Å². The molecule has 84 valence electrons. The molecule has 2 nitrogen and oxygen atoms in total. The fraction of sp³-hybridized carbons (Fsp3) is 0.250. The number of rotatable bonds is 3. The van der Waals surface area contributed by atoms with E-state index in [0.29, 0.717) is 0 Å². The summed E-state index contributed by atoms with van der Waals surface area (Å²) in [6.45, 7) is 1.87. The average Bonchev–Trinajstić information content (AvgIpc) is 2.59. The van der Waals surface area contributed by atoms with Gasteiger partial charge in [0.05, 0.1) is 6.42 Å². The third kappa shape index (κ3) is 2.07. The summed E-state index contributed by atoms with van der Waals surface area (Å²) in [5, 5.41) is 11.6. The molecule has 0 spiro atoms. The molecule has 4 heteroatoms. The molecule has 0 radical (unpaired) electrons. The minimum Gasteiger partial charge on any atom is -0.481 e. The highest BCUT2D eigenvalue weighted by atomic mass is 32.1. The van der Waals surface area contributed by atoms with Gasteiger partial charge in [-0.05, 0) is 34.4 Å². The first-order chi connectivity index (χ1) is 7.58. The summed E-state index contributed by atoms with van der Waals surface area (Å²) in [5.41, 5.74) is 0.988. The van der Waals surface area contributed by atoms with Gasteiger partial charge in [-0.2, -0.15) is 0 Å². The highest BCUT2D eigenvalue weighted by molar-refractivity contribution is 7.17. The van der Waals surface area contributed by atoms with Gasteiger partial charge in [-0.1, -0.05) is 13.0 Å². The fourth-order valence-electron chi connectivity index (χ4n) is 1.78. The van der Waals surface area contributed by atoms with Crippen LogP contribution in [0.2, 0.25) is 0 Å². The van der Waals surface area contributed by atoms with E-state index in [-0.39, 0.29) is 18.2 Å². The topological polar surface area (TPSA) is 37.3 Å². The Balaban J connectivity index is 2.41. The van der Waals surface area contributed by atoms with Crippen LogP contribution in [-0.2, 0) is 4.79 Å². The lowest BCUT2D eigenvalue weighted by atomic mass is 9.97. The summed E-state index contributed by atoms with van der Waals surface area (Å²) in [6, 6.07) is 4.61. The third-order valence-corrected chi connectivity index (χ3v) is 3.54. The minimum atomic E-state index is -0.811. The molecule has 2 aromatic rings. The number of hydrogen-bond acceptors (Lipinski definition) is 2. The molecule has 16 heavy (non-hydrogen) atoms. The Bertz CT molecular complexity index is 533. The minimum absolute atomic E-state index is 0.0447. The molecule has 0 saturated carbocycles. The van der Waals surface area contributed by atoms with E-state index in [0.717, 1.165) is 15.6 Å². The van der Waals surface area contributed by atoms with E-state index < -0.39 is 5.97 Å². The van der Waals surface area contributed by atoms with Crippen molar-refractivity contribution in [1.82, 2.24) is 0 Å². The molecule has 2 rings (SSSR count). The Labute approximate surface area is 96.3 Å². The molecule has 0 fully saturated rings. The van der Waals surface area contributed by atoms with Crippen molar-refractivity contribution in [3.63, 3.8) is 0 Å². The van der Waals surface area contributed by atoms with Crippen molar-refractivity contribution in [2.75, 3.05) is 0 Å². The second kappa shape index (κ2) is 4.22. The summed E-state index contributed by atoms with van der Waals surface area (Å²) < 4.78 is 13.8. The summed E-state index contributed by atoms with van der Waals surface area (Å²) in [4.78, 5) is 10.6. The first kappa shape index (κ1) is 11.1. The van der Waals surface area contributed by atoms with Gasteiger partial charge in [0.15, 0.2) is 0 Å². The molecule has 1 heterocycles. The van der Waals surface area contributed by atoms with Crippen molar-refractivity contribution in [2.45, 2.75) is 19.3 Å². The maximum atomic E-state index is 13.0. The normalized spacial score (nSPS) is 12.9. The lowest BCUT2D eigenvalue weighted by Gasteiger charge is -2.07. The van der Waals surface area contributed by atoms with E-state index >= 15 is 0 Å². The van der Waals surface area contributed by atoms with Crippen LogP contribution in [0.3, 0.4) is 0 Å². The molecular weight excluding hydrogens is 227 g/mol. The van der Waals surface area contributed by atoms with Gasteiger partial charge in [0.1, 0.15) is 5.82 Å². The average molecular weight is 238 g/mol. The van der Waals surface area contributed by atoms with Crippen molar-refractivity contribution in [3.05, 3.63) is 35.0 Å². The molecule has 0 amide bonds. The van der Waals surface area contributed by atoms with Gasteiger partial charge in [-0.25, -0.2) is 4.39 Å². The summed E-state index contributed by atoms with van der Waals surface area (Å²) in [7, 11) is 0. The molecule has 1 N–H and O–H groups in total. The molecule has 1 aromatic heterocycles. The molecule has 0 aliphatic rings. The summed E-state index contributed by atoms with van der Waals surface area (Å²) in [6.07, 6.45) is 0.100. The zero-order valence-corrected chi connectivity index (χ0v) is 9.55. The number of carboxylic acid groups (broad SMARTS) is 1. The van der Waals surface area contributed by atoms with Crippen molar-refractivity contribution >= 4 is 27.4 Å². The lowest BCUT2D eigenvalue weighted by molar-refractivity contribution is -0.137. The fourth-order valence-corrected chi connectivity index (χ4v) is 2.88. The zero-order chi connectivity index (χ0) is 11.7. The predicted molar refractivity (Wildman–Crippen MR) is 62.5 cm³/mol. The number of carbonyl (C=O) groups is 1. The number of carboxylic acids is 1. The number of hydrogen-bond donors (Lipinski definition) is 1. The lowest BCUT2D eigenvalue weighted by Crippen LogP contribution is -2.02. The Morgan fingerprint density at radius 2 is 2.31 bits per heavy atom. The van der Waals surface area contributed by atoms with Crippen molar-refractivity contribution < 1.29 is 14.3 Å². The van der Waals surface area contributed by atoms with Crippen LogP contribution in [0.25, 0.3) is 10.1 Å². The number of benzene rings is 1. The second-order valence-corrected chi connectivity index (χ2v) is 4.74. The highest BCUT2D eigenvalue weighted by Crippen LogP contribution is 2.33. The third-order valence-electron chi connectivity index (χ3n) is 2.58. The summed E-state index contributed by atoms with van der Waals surface area (Å²) in [5.74, 6) is -1.11. The van der Waals surface area contributed by atoms with Crippen LogP contribution in [0.15, 0.2) is 23.6 Å². The summed E-state index contributed by atoms with van der Waals surface area (Å²) >= 11 is 1.45. The Morgan fingerprint density at radius 1 is 1.56 bits per heavy atom. The molecule has 0 aliphatic heterocycles. The van der Waals surface area contributed by atoms with Crippen LogP contribution < -0.4 is 0 Å². The largest absolute Gasteiger partial charge is 0.481 e. The van der Waals surface area contributed by atoms with Crippen LogP contribution in [0.4, 0.5) is 4.39 Å². The smallest absolute Gasteiger partial charge is 0.303 e. The van der Waals surface area contributed by atoms with Gasteiger partial charge >= 0.3 is 5.97 Å². The van der Waals surface area contributed by atoms with E-state index in [1.807, 2.05) is 12.3 Å². The molecule has 0 saturated heterocycles. The van der Waals surface area contributed by atoms with Gasteiger partial charge in [0, 0.05) is 4.70 Å². The number of thiophene rings is 1. The van der Waals surface area contributed by atoms with Gasteiger partial charge < -0.3 is 5.11 Å². The standard InChI is InChI=1S/C12H11FO2S/c1-7(4-12(14)15)10-6-16-11-5-8(13)2-3-9(10)11/h2-3,5-7H,4H2,1H3,(H,14,15). The van der Waals surface area contributed by atoms with Crippen molar-refractivity contribution in [1.29, 1.82) is 0 Å². The first-order valence-electron chi connectivity index (χ1n) is 4.96. The predicted octanol–water partition coefficient (Wildman–Crippen LogP) is 3.62. The molecule has 0 aliphatic carbocycles. The molecule has 1 unspecified atom stereocenters. The molecule has 0 bridgehead atoms. The van der Waals surface area contributed by atoms with Gasteiger partial charge in [0.25, 0.3) is 0 Å². The highest BCUT2D eigenvalue weighted by Gasteiger charge is 2.14. The second-order valence-electron chi connectivity index (χ2n) is 3.83. The molecule has 1 aromatic carbocycles. The van der Waals surface area contributed by atoms with Crippen LogP contribution in [0.1, 0.15) is 24.8 Å². The van der Waals surface area contributed by atoms with Crippen molar-refractivity contribution in [2.24, 2.45) is 0 Å². The number of halogens is 1. The molecule has 1 atom stereocenters.